The summed E-state index contributed by atoms with van der Waals surface area (Å²) in [5.74, 6) is 1.38. The highest BCUT2D eigenvalue weighted by molar-refractivity contribution is 9.10. The molecule has 1 atom stereocenters. The normalized spacial score (nSPS) is 14.9. The molecule has 2 heterocycles. The third-order valence-corrected chi connectivity index (χ3v) is 3.77. The average molecular weight is 336 g/mol. The molecule has 1 N–H and O–H groups in total. The fourth-order valence-electron chi connectivity index (χ4n) is 2.18. The molecule has 0 saturated heterocycles. The number of ether oxygens (including phenoxy) is 2. The van der Waals surface area contributed by atoms with Crippen molar-refractivity contribution in [2.24, 2.45) is 0 Å². The summed E-state index contributed by atoms with van der Waals surface area (Å²) in [7, 11) is 0. The summed E-state index contributed by atoms with van der Waals surface area (Å²) in [5, 5.41) is 10.4. The van der Waals surface area contributed by atoms with Crippen LogP contribution in [0.2, 0.25) is 0 Å². The molecule has 0 radical (unpaired) electrons. The number of benzene rings is 1. The molecule has 0 aliphatic carbocycles. The molecule has 1 aliphatic rings. The lowest BCUT2D eigenvalue weighted by Gasteiger charge is -2.21. The molecule has 1 unspecified atom stereocenters. The first kappa shape index (κ1) is 13.4. The maximum atomic E-state index is 10.4. The SMILES string of the molecule is OC(Cc1ccncc1)c1cc(Br)c2c(c1)OCCO2. The van der Waals surface area contributed by atoms with E-state index < -0.39 is 6.10 Å². The Morgan fingerprint density at radius 2 is 1.95 bits per heavy atom. The van der Waals surface area contributed by atoms with Gasteiger partial charge in [-0.2, -0.15) is 0 Å². The third-order valence-electron chi connectivity index (χ3n) is 3.18. The van der Waals surface area contributed by atoms with E-state index in [1.54, 1.807) is 12.4 Å². The van der Waals surface area contributed by atoms with Gasteiger partial charge in [0, 0.05) is 18.8 Å². The highest BCUT2D eigenvalue weighted by Crippen LogP contribution is 2.40. The zero-order valence-corrected chi connectivity index (χ0v) is 12.3. The van der Waals surface area contributed by atoms with E-state index in [1.165, 1.54) is 0 Å². The minimum Gasteiger partial charge on any atom is -0.486 e. The molecule has 104 valence electrons. The van der Waals surface area contributed by atoms with E-state index in [1.807, 2.05) is 24.3 Å². The van der Waals surface area contributed by atoms with Crippen LogP contribution < -0.4 is 9.47 Å². The summed E-state index contributed by atoms with van der Waals surface area (Å²) in [4.78, 5) is 3.97. The van der Waals surface area contributed by atoms with Gasteiger partial charge in [-0.3, -0.25) is 4.98 Å². The number of hydrogen-bond acceptors (Lipinski definition) is 4. The van der Waals surface area contributed by atoms with Gasteiger partial charge in [0.05, 0.1) is 10.6 Å². The third kappa shape index (κ3) is 2.78. The van der Waals surface area contributed by atoms with Gasteiger partial charge < -0.3 is 14.6 Å². The van der Waals surface area contributed by atoms with Crippen molar-refractivity contribution < 1.29 is 14.6 Å². The van der Waals surface area contributed by atoms with Gasteiger partial charge in [-0.05, 0) is 51.3 Å². The molecule has 3 rings (SSSR count). The highest BCUT2D eigenvalue weighted by Gasteiger charge is 2.19. The van der Waals surface area contributed by atoms with Crippen LogP contribution in [-0.4, -0.2) is 23.3 Å². The number of fused-ring (bicyclic) bond motifs is 1. The molecule has 0 spiro atoms. The lowest BCUT2D eigenvalue weighted by atomic mass is 10.0. The molecule has 0 amide bonds. The fraction of sp³-hybridized carbons (Fsp3) is 0.267. The van der Waals surface area contributed by atoms with E-state index in [-0.39, 0.29) is 0 Å². The van der Waals surface area contributed by atoms with Gasteiger partial charge in [-0.1, -0.05) is 0 Å². The first-order valence-electron chi connectivity index (χ1n) is 6.40. The van der Waals surface area contributed by atoms with E-state index in [4.69, 9.17) is 9.47 Å². The summed E-state index contributed by atoms with van der Waals surface area (Å²) < 4.78 is 11.9. The minimum atomic E-state index is -0.593. The average Bonchev–Trinajstić information content (AvgIpc) is 2.48. The van der Waals surface area contributed by atoms with E-state index in [0.717, 1.165) is 15.6 Å². The minimum absolute atomic E-state index is 0.531. The largest absolute Gasteiger partial charge is 0.486 e. The summed E-state index contributed by atoms with van der Waals surface area (Å²) in [6.07, 6.45) is 3.39. The van der Waals surface area contributed by atoms with E-state index in [9.17, 15) is 5.11 Å². The van der Waals surface area contributed by atoms with Crippen LogP contribution >= 0.6 is 15.9 Å². The topological polar surface area (TPSA) is 51.6 Å². The molecule has 0 saturated carbocycles. The van der Waals surface area contributed by atoms with Gasteiger partial charge in [-0.25, -0.2) is 0 Å². The van der Waals surface area contributed by atoms with Gasteiger partial charge in [-0.15, -0.1) is 0 Å². The van der Waals surface area contributed by atoms with Crippen LogP contribution in [0.3, 0.4) is 0 Å². The molecule has 1 aromatic carbocycles. The number of halogens is 1. The molecule has 2 aromatic rings. The molecule has 4 nitrogen and oxygen atoms in total. The number of aromatic nitrogens is 1. The van der Waals surface area contributed by atoms with Gasteiger partial charge >= 0.3 is 0 Å². The second-order valence-electron chi connectivity index (χ2n) is 4.60. The quantitative estimate of drug-likeness (QED) is 0.936. The molecular formula is C15H14BrNO3. The fourth-order valence-corrected chi connectivity index (χ4v) is 2.76. The van der Waals surface area contributed by atoms with Crippen LogP contribution in [0.4, 0.5) is 0 Å². The molecule has 5 heteroatoms. The van der Waals surface area contributed by atoms with E-state index in [0.29, 0.717) is 31.1 Å². The maximum Gasteiger partial charge on any atom is 0.175 e. The Labute approximate surface area is 125 Å². The Hall–Kier alpha value is -1.59. The molecule has 20 heavy (non-hydrogen) atoms. The number of aliphatic hydroxyl groups is 1. The predicted octanol–water partition coefficient (Wildman–Crippen LogP) is 2.89. The predicted molar refractivity (Wildman–Crippen MR) is 78.0 cm³/mol. The maximum absolute atomic E-state index is 10.4. The second-order valence-corrected chi connectivity index (χ2v) is 5.46. The van der Waals surface area contributed by atoms with Crippen molar-refractivity contribution in [3.8, 4) is 11.5 Å². The Kier molecular flexibility index (Phi) is 3.89. The van der Waals surface area contributed by atoms with Crippen molar-refractivity contribution in [3.05, 3.63) is 52.3 Å². The van der Waals surface area contributed by atoms with Crippen molar-refractivity contribution >= 4 is 15.9 Å². The van der Waals surface area contributed by atoms with Gasteiger partial charge in [0.25, 0.3) is 0 Å². The van der Waals surface area contributed by atoms with E-state index in [2.05, 4.69) is 20.9 Å². The Balaban J connectivity index is 1.85. The number of aliphatic hydroxyl groups excluding tert-OH is 1. The van der Waals surface area contributed by atoms with Gasteiger partial charge in [0.1, 0.15) is 13.2 Å². The standard InChI is InChI=1S/C15H14BrNO3/c16-12-8-11(9-14-15(12)20-6-5-19-14)13(18)7-10-1-3-17-4-2-10/h1-4,8-9,13,18H,5-7H2. The van der Waals surface area contributed by atoms with Crippen LogP contribution in [0.5, 0.6) is 11.5 Å². The van der Waals surface area contributed by atoms with Crippen molar-refractivity contribution in [1.82, 2.24) is 4.98 Å². The van der Waals surface area contributed by atoms with Crippen molar-refractivity contribution in [3.63, 3.8) is 0 Å². The zero-order valence-electron chi connectivity index (χ0n) is 10.8. The molecule has 0 fully saturated rings. The number of pyridine rings is 1. The first-order valence-corrected chi connectivity index (χ1v) is 7.19. The monoisotopic (exact) mass is 335 g/mol. The number of hydrogen-bond donors (Lipinski definition) is 1. The zero-order chi connectivity index (χ0) is 13.9. The number of rotatable bonds is 3. The summed E-state index contributed by atoms with van der Waals surface area (Å²) in [6, 6.07) is 7.51. The first-order chi connectivity index (χ1) is 9.74. The van der Waals surface area contributed by atoms with Gasteiger partial charge in [0.15, 0.2) is 11.5 Å². The Bertz CT molecular complexity index is 604. The van der Waals surface area contributed by atoms with Crippen LogP contribution in [0.25, 0.3) is 0 Å². The summed E-state index contributed by atoms with van der Waals surface area (Å²) in [5.41, 5.74) is 1.84. The Morgan fingerprint density at radius 3 is 2.75 bits per heavy atom. The highest BCUT2D eigenvalue weighted by atomic mass is 79.9. The summed E-state index contributed by atoms with van der Waals surface area (Å²) in [6.45, 7) is 1.08. The second kappa shape index (κ2) is 5.81. The molecule has 0 bridgehead atoms. The molecular weight excluding hydrogens is 322 g/mol. The van der Waals surface area contributed by atoms with Crippen molar-refractivity contribution in [2.45, 2.75) is 12.5 Å². The lowest BCUT2D eigenvalue weighted by Crippen LogP contribution is -2.16. The smallest absolute Gasteiger partial charge is 0.175 e. The Morgan fingerprint density at radius 1 is 1.20 bits per heavy atom. The van der Waals surface area contributed by atoms with E-state index >= 15 is 0 Å². The van der Waals surface area contributed by atoms with Crippen molar-refractivity contribution in [2.75, 3.05) is 13.2 Å². The van der Waals surface area contributed by atoms with Crippen molar-refractivity contribution in [1.29, 1.82) is 0 Å². The molecule has 1 aromatic heterocycles. The van der Waals surface area contributed by atoms with Gasteiger partial charge in [0.2, 0.25) is 0 Å². The van der Waals surface area contributed by atoms with Crippen LogP contribution in [-0.2, 0) is 6.42 Å². The van der Waals surface area contributed by atoms with Crippen LogP contribution in [0, 0.1) is 0 Å². The van der Waals surface area contributed by atoms with Crippen LogP contribution in [0.15, 0.2) is 41.1 Å². The summed E-state index contributed by atoms with van der Waals surface area (Å²) >= 11 is 3.46. The molecule has 1 aliphatic heterocycles. The number of nitrogens with zero attached hydrogens (tertiary/aromatic N) is 1. The van der Waals surface area contributed by atoms with Crippen LogP contribution in [0.1, 0.15) is 17.2 Å². The lowest BCUT2D eigenvalue weighted by molar-refractivity contribution is 0.163.